The molecule has 0 aliphatic rings. The van der Waals surface area contributed by atoms with Crippen LogP contribution < -0.4 is 11.1 Å². The number of halogens is 1. The molecule has 1 amide bonds. The molecular formula is C21H29FN4O2. The molecule has 2 aromatic rings. The Labute approximate surface area is 165 Å². The van der Waals surface area contributed by atoms with Gasteiger partial charge in [-0.05, 0) is 58.4 Å². The number of amides is 1. The van der Waals surface area contributed by atoms with Crippen molar-refractivity contribution < 1.29 is 13.9 Å². The van der Waals surface area contributed by atoms with Crippen LogP contribution in [0.15, 0.2) is 36.2 Å². The highest BCUT2D eigenvalue weighted by Gasteiger charge is 2.16. The number of hydrogen-bond acceptors (Lipinski definition) is 4. The summed E-state index contributed by atoms with van der Waals surface area (Å²) >= 11 is 0. The number of hydrogen-bond donors (Lipinski definition) is 2. The molecule has 6 nitrogen and oxygen atoms in total. The van der Waals surface area contributed by atoms with Crippen molar-refractivity contribution in [3.8, 4) is 0 Å². The molecule has 3 N–H and O–H groups in total. The normalized spacial score (nSPS) is 12.1. The predicted molar refractivity (Wildman–Crippen MR) is 109 cm³/mol. The average molecular weight is 388 g/mol. The van der Waals surface area contributed by atoms with Crippen molar-refractivity contribution in [1.82, 2.24) is 15.1 Å². The number of nitrogens with zero attached hydrogens (tertiary/aromatic N) is 2. The minimum Gasteiger partial charge on any atom is -0.444 e. The van der Waals surface area contributed by atoms with Gasteiger partial charge in [0, 0.05) is 29.9 Å². The van der Waals surface area contributed by atoms with Gasteiger partial charge in [0.05, 0.1) is 12.2 Å². The zero-order valence-corrected chi connectivity index (χ0v) is 17.2. The maximum absolute atomic E-state index is 14.3. The molecule has 0 aliphatic heterocycles. The van der Waals surface area contributed by atoms with Gasteiger partial charge in [0.1, 0.15) is 11.4 Å². The van der Waals surface area contributed by atoms with E-state index < -0.39 is 11.7 Å². The number of nitrogens with one attached hydrogen (secondary N) is 1. The second-order valence-electron chi connectivity index (χ2n) is 7.76. The van der Waals surface area contributed by atoms with Crippen molar-refractivity contribution in [2.45, 2.75) is 53.2 Å². The minimum absolute atomic E-state index is 0.0183. The molecular weight excluding hydrogens is 359 g/mol. The van der Waals surface area contributed by atoms with Gasteiger partial charge in [-0.1, -0.05) is 12.1 Å². The van der Waals surface area contributed by atoms with Crippen molar-refractivity contribution in [2.24, 2.45) is 0 Å². The highest BCUT2D eigenvalue weighted by Crippen LogP contribution is 2.19. The van der Waals surface area contributed by atoms with Gasteiger partial charge in [0.15, 0.2) is 0 Å². The molecule has 0 spiro atoms. The van der Waals surface area contributed by atoms with E-state index in [1.54, 1.807) is 25.5 Å². The fourth-order valence-electron chi connectivity index (χ4n) is 2.75. The molecule has 7 heteroatoms. The Morgan fingerprint density at radius 2 is 1.93 bits per heavy atom. The number of rotatable bonds is 6. The van der Waals surface area contributed by atoms with Gasteiger partial charge in [-0.25, -0.2) is 9.18 Å². The first-order chi connectivity index (χ1) is 13.0. The van der Waals surface area contributed by atoms with E-state index >= 15 is 0 Å². The van der Waals surface area contributed by atoms with E-state index in [2.05, 4.69) is 10.4 Å². The zero-order chi connectivity index (χ0) is 20.9. The fraction of sp³-hybridized carbons (Fsp3) is 0.429. The maximum Gasteiger partial charge on any atom is 0.407 e. The van der Waals surface area contributed by atoms with E-state index in [0.29, 0.717) is 6.42 Å². The number of alkyl carbamates (subject to hydrolysis) is 1. The summed E-state index contributed by atoms with van der Waals surface area (Å²) in [4.78, 5) is 11.6. The van der Waals surface area contributed by atoms with Crippen LogP contribution in [-0.2, 0) is 17.7 Å². The Hall–Kier alpha value is -2.83. The largest absolute Gasteiger partial charge is 0.444 e. The van der Waals surface area contributed by atoms with E-state index in [-0.39, 0.29) is 18.9 Å². The van der Waals surface area contributed by atoms with Crippen LogP contribution in [0.4, 0.5) is 14.9 Å². The number of nitrogen functional groups attached to an aromatic ring is 1. The van der Waals surface area contributed by atoms with Gasteiger partial charge in [0.2, 0.25) is 0 Å². The number of carbonyl (C=O) groups is 1. The van der Waals surface area contributed by atoms with Gasteiger partial charge < -0.3 is 15.8 Å². The number of allylic oxidation sites excluding steroid dienone is 1. The van der Waals surface area contributed by atoms with Crippen LogP contribution in [-0.4, -0.2) is 28.0 Å². The Balaban J connectivity index is 1.98. The van der Waals surface area contributed by atoms with E-state index in [4.69, 9.17) is 10.5 Å². The number of anilines is 1. The molecule has 152 valence electrons. The summed E-state index contributed by atoms with van der Waals surface area (Å²) in [5.41, 5.74) is 9.85. The van der Waals surface area contributed by atoms with Crippen molar-refractivity contribution in [3.63, 3.8) is 0 Å². The van der Waals surface area contributed by atoms with Crippen molar-refractivity contribution in [1.29, 1.82) is 0 Å². The van der Waals surface area contributed by atoms with Crippen molar-refractivity contribution in [3.05, 3.63) is 58.7 Å². The SMILES string of the molecule is Cc1nn(CC(F)=CCNC(=O)OC(C)(C)C)c(C)c1Cc1ccc(N)cc1. The van der Waals surface area contributed by atoms with E-state index in [9.17, 15) is 9.18 Å². The van der Waals surface area contributed by atoms with Crippen LogP contribution in [0.1, 0.15) is 43.3 Å². The molecule has 0 fully saturated rings. The highest BCUT2D eigenvalue weighted by molar-refractivity contribution is 5.67. The first-order valence-electron chi connectivity index (χ1n) is 9.24. The molecule has 1 aromatic heterocycles. The first kappa shape index (κ1) is 21.5. The molecule has 0 saturated heterocycles. The number of ether oxygens (including phenoxy) is 1. The zero-order valence-electron chi connectivity index (χ0n) is 17.2. The van der Waals surface area contributed by atoms with Crippen molar-refractivity contribution >= 4 is 11.8 Å². The number of carbonyl (C=O) groups excluding carboxylic acids is 1. The fourth-order valence-corrected chi connectivity index (χ4v) is 2.75. The van der Waals surface area contributed by atoms with Crippen LogP contribution in [0.2, 0.25) is 0 Å². The Morgan fingerprint density at radius 3 is 2.54 bits per heavy atom. The van der Waals surface area contributed by atoms with E-state index in [1.165, 1.54) is 6.08 Å². The molecule has 0 bridgehead atoms. The number of nitrogens with two attached hydrogens (primary N) is 1. The van der Waals surface area contributed by atoms with Gasteiger partial charge in [-0.3, -0.25) is 4.68 Å². The van der Waals surface area contributed by atoms with Crippen LogP contribution in [0.5, 0.6) is 0 Å². The Bertz CT molecular complexity index is 849. The van der Waals surface area contributed by atoms with Gasteiger partial charge in [-0.2, -0.15) is 5.10 Å². The monoisotopic (exact) mass is 388 g/mol. The summed E-state index contributed by atoms with van der Waals surface area (Å²) in [6.07, 6.45) is 1.46. The van der Waals surface area contributed by atoms with Crippen LogP contribution in [0.3, 0.4) is 0 Å². The summed E-state index contributed by atoms with van der Waals surface area (Å²) in [6, 6.07) is 7.69. The third-order valence-corrected chi connectivity index (χ3v) is 4.16. The number of aromatic nitrogens is 2. The topological polar surface area (TPSA) is 82.2 Å². The van der Waals surface area contributed by atoms with Gasteiger partial charge in [0.25, 0.3) is 0 Å². The van der Waals surface area contributed by atoms with Gasteiger partial charge >= 0.3 is 6.09 Å². The summed E-state index contributed by atoms with van der Waals surface area (Å²) in [5, 5.41) is 6.96. The summed E-state index contributed by atoms with van der Waals surface area (Å²) in [7, 11) is 0. The molecule has 0 atom stereocenters. The number of benzene rings is 1. The lowest BCUT2D eigenvalue weighted by molar-refractivity contribution is 0.0534. The number of aryl methyl sites for hydroxylation is 1. The predicted octanol–water partition coefficient (Wildman–Crippen LogP) is 4.05. The lowest BCUT2D eigenvalue weighted by Crippen LogP contribution is -2.32. The quantitative estimate of drug-likeness (QED) is 0.732. The standard InChI is InChI=1S/C21H29FN4O2/c1-14-19(12-16-6-8-18(23)9-7-16)15(2)26(25-14)13-17(22)10-11-24-20(27)28-21(3,4)5/h6-10H,11-13,23H2,1-5H3,(H,24,27). The molecule has 0 unspecified atom stereocenters. The molecule has 0 saturated carbocycles. The molecule has 2 rings (SSSR count). The van der Waals surface area contributed by atoms with Crippen LogP contribution in [0.25, 0.3) is 0 Å². The second kappa shape index (κ2) is 8.91. The second-order valence-corrected chi connectivity index (χ2v) is 7.76. The van der Waals surface area contributed by atoms with E-state index in [1.807, 2.05) is 38.1 Å². The molecule has 1 aromatic carbocycles. The molecule has 0 radical (unpaired) electrons. The van der Waals surface area contributed by atoms with Crippen molar-refractivity contribution in [2.75, 3.05) is 12.3 Å². The summed E-state index contributed by atoms with van der Waals surface area (Å²) < 4.78 is 21.0. The molecule has 0 aliphatic carbocycles. The maximum atomic E-state index is 14.3. The minimum atomic E-state index is -0.586. The third kappa shape index (κ3) is 6.40. The highest BCUT2D eigenvalue weighted by atomic mass is 19.1. The lowest BCUT2D eigenvalue weighted by Gasteiger charge is -2.19. The van der Waals surface area contributed by atoms with Crippen LogP contribution >= 0.6 is 0 Å². The summed E-state index contributed by atoms with van der Waals surface area (Å²) in [5.74, 6) is -0.374. The molecule has 1 heterocycles. The Kier molecular flexibility index (Phi) is 6.83. The van der Waals surface area contributed by atoms with E-state index in [0.717, 1.165) is 28.2 Å². The Morgan fingerprint density at radius 1 is 1.29 bits per heavy atom. The smallest absolute Gasteiger partial charge is 0.407 e. The molecule has 28 heavy (non-hydrogen) atoms. The summed E-state index contributed by atoms with van der Waals surface area (Å²) in [6.45, 7) is 9.23. The van der Waals surface area contributed by atoms with Gasteiger partial charge in [-0.15, -0.1) is 0 Å². The third-order valence-electron chi connectivity index (χ3n) is 4.16. The van der Waals surface area contributed by atoms with Crippen LogP contribution in [0, 0.1) is 13.8 Å². The average Bonchev–Trinajstić information content (AvgIpc) is 2.82. The first-order valence-corrected chi connectivity index (χ1v) is 9.24. The lowest BCUT2D eigenvalue weighted by atomic mass is 10.0.